The van der Waals surface area contributed by atoms with Gasteiger partial charge >= 0.3 is 0 Å². The first-order valence-electron chi connectivity index (χ1n) is 9.80. The van der Waals surface area contributed by atoms with Crippen molar-refractivity contribution in [2.45, 2.75) is 19.4 Å². The molecule has 3 heterocycles. The van der Waals surface area contributed by atoms with Crippen molar-refractivity contribution in [1.82, 2.24) is 15.0 Å². The third kappa shape index (κ3) is 3.16. The predicted octanol–water partition coefficient (Wildman–Crippen LogP) is 4.71. The summed E-state index contributed by atoms with van der Waals surface area (Å²) < 4.78 is 13.1. The highest BCUT2D eigenvalue weighted by molar-refractivity contribution is 5.88. The van der Waals surface area contributed by atoms with Crippen LogP contribution in [0.2, 0.25) is 0 Å². The molecule has 0 bridgehead atoms. The number of rotatable bonds is 3. The number of aromatic nitrogens is 3. The Hall–Kier alpha value is -3.80. The number of nitrogens with one attached hydrogen (secondary N) is 1. The lowest BCUT2D eigenvalue weighted by atomic mass is 10.1. The van der Waals surface area contributed by atoms with E-state index in [1.807, 2.05) is 30.4 Å². The first kappa shape index (κ1) is 18.2. The topological polar surface area (TPSA) is 61.9 Å². The van der Waals surface area contributed by atoms with Crippen molar-refractivity contribution in [3.05, 3.63) is 93.7 Å². The number of fused-ring (bicyclic) bond motifs is 2. The maximum absolute atomic E-state index is 13.1. The van der Waals surface area contributed by atoms with Gasteiger partial charge < -0.3 is 4.90 Å². The van der Waals surface area contributed by atoms with Crippen molar-refractivity contribution >= 4 is 34.8 Å². The molecule has 2 aromatic heterocycles. The number of H-pyrrole nitrogens is 1. The van der Waals surface area contributed by atoms with Gasteiger partial charge in [-0.2, -0.15) is 4.98 Å². The lowest BCUT2D eigenvalue weighted by molar-refractivity contribution is 0.628. The second-order valence-corrected chi connectivity index (χ2v) is 7.43. The Balaban J connectivity index is 1.58. The van der Waals surface area contributed by atoms with E-state index in [1.165, 1.54) is 17.7 Å². The van der Waals surface area contributed by atoms with Gasteiger partial charge in [0.1, 0.15) is 5.82 Å². The first-order valence-corrected chi connectivity index (χ1v) is 9.80. The minimum atomic E-state index is -0.285. The largest absolute Gasteiger partial charge is 0.309 e. The van der Waals surface area contributed by atoms with Crippen LogP contribution in [-0.2, 0) is 6.42 Å². The van der Waals surface area contributed by atoms with E-state index in [0.717, 1.165) is 17.7 Å². The lowest BCUT2D eigenvalue weighted by Crippen LogP contribution is -2.28. The molecule has 1 atom stereocenters. The molecule has 1 N–H and O–H groups in total. The SMILES string of the molecule is CC1Cc2ccccc2N1c1nc2nccc(/C=C/c3ccc(F)cc3)c2c(=O)[nH]1. The van der Waals surface area contributed by atoms with E-state index in [1.54, 1.807) is 24.4 Å². The zero-order chi connectivity index (χ0) is 20.7. The molecule has 0 aliphatic carbocycles. The summed E-state index contributed by atoms with van der Waals surface area (Å²) in [7, 11) is 0. The molecule has 5 rings (SSSR count). The molecule has 1 aliphatic heterocycles. The molecule has 0 saturated carbocycles. The molecular weight excluding hydrogens is 379 g/mol. The van der Waals surface area contributed by atoms with Crippen LogP contribution in [0.5, 0.6) is 0 Å². The third-order valence-corrected chi connectivity index (χ3v) is 5.39. The second kappa shape index (κ2) is 7.22. The van der Waals surface area contributed by atoms with Crippen molar-refractivity contribution in [1.29, 1.82) is 0 Å². The fraction of sp³-hybridized carbons (Fsp3) is 0.125. The Morgan fingerprint density at radius 1 is 1.10 bits per heavy atom. The molecule has 4 aromatic rings. The standard InChI is InChI=1S/C24H19FN4O/c1-15-14-18-4-2-3-5-20(18)29(15)24-27-22-21(23(30)28-24)17(12-13-26-22)9-6-16-7-10-19(25)11-8-16/h2-13,15H,14H2,1H3,(H,26,27,28,30)/b9-6+. The van der Waals surface area contributed by atoms with Gasteiger partial charge in [0, 0.05) is 17.9 Å². The van der Waals surface area contributed by atoms with Crippen LogP contribution in [0.25, 0.3) is 23.2 Å². The maximum atomic E-state index is 13.1. The Morgan fingerprint density at radius 2 is 1.90 bits per heavy atom. The van der Waals surface area contributed by atoms with Crippen LogP contribution in [0, 0.1) is 5.82 Å². The molecule has 0 fully saturated rings. The van der Waals surface area contributed by atoms with E-state index in [4.69, 9.17) is 0 Å². The number of anilines is 2. The molecular formula is C24H19FN4O. The molecule has 1 aliphatic rings. The minimum Gasteiger partial charge on any atom is -0.309 e. The predicted molar refractivity (Wildman–Crippen MR) is 117 cm³/mol. The molecule has 6 heteroatoms. The average Bonchev–Trinajstić information content (AvgIpc) is 3.08. The summed E-state index contributed by atoms with van der Waals surface area (Å²) in [6.45, 7) is 2.11. The summed E-state index contributed by atoms with van der Waals surface area (Å²) >= 11 is 0. The number of aromatic amines is 1. The van der Waals surface area contributed by atoms with Crippen LogP contribution < -0.4 is 10.5 Å². The summed E-state index contributed by atoms with van der Waals surface area (Å²) in [5, 5.41) is 0.430. The average molecular weight is 398 g/mol. The van der Waals surface area contributed by atoms with Gasteiger partial charge in [-0.05, 0) is 54.3 Å². The van der Waals surface area contributed by atoms with Gasteiger partial charge in [0.25, 0.3) is 5.56 Å². The molecule has 0 radical (unpaired) electrons. The summed E-state index contributed by atoms with van der Waals surface area (Å²) in [6.07, 6.45) is 6.19. The normalized spacial score (nSPS) is 15.8. The molecule has 30 heavy (non-hydrogen) atoms. The van der Waals surface area contributed by atoms with E-state index in [9.17, 15) is 9.18 Å². The molecule has 148 valence electrons. The number of halogens is 1. The summed E-state index contributed by atoms with van der Waals surface area (Å²) in [4.78, 5) is 27.0. The Morgan fingerprint density at radius 3 is 2.73 bits per heavy atom. The van der Waals surface area contributed by atoms with Crippen molar-refractivity contribution in [3.63, 3.8) is 0 Å². The number of para-hydroxylation sites is 1. The Bertz CT molecular complexity index is 1330. The zero-order valence-corrected chi connectivity index (χ0v) is 16.3. The van der Waals surface area contributed by atoms with Gasteiger partial charge in [-0.25, -0.2) is 9.37 Å². The van der Waals surface area contributed by atoms with E-state index < -0.39 is 0 Å². The summed E-state index contributed by atoms with van der Waals surface area (Å²) in [5.41, 5.74) is 3.99. The Kier molecular flexibility index (Phi) is 4.39. The van der Waals surface area contributed by atoms with Crippen molar-refractivity contribution in [2.24, 2.45) is 0 Å². The molecule has 0 saturated heterocycles. The van der Waals surface area contributed by atoms with E-state index >= 15 is 0 Å². The highest BCUT2D eigenvalue weighted by Gasteiger charge is 2.28. The number of hydrogen-bond acceptors (Lipinski definition) is 4. The summed E-state index contributed by atoms with van der Waals surface area (Å²) in [5.74, 6) is 0.213. The number of pyridine rings is 1. The molecule has 2 aromatic carbocycles. The van der Waals surface area contributed by atoms with Crippen LogP contribution in [0.15, 0.2) is 65.6 Å². The molecule has 0 amide bonds. The van der Waals surface area contributed by atoms with Gasteiger partial charge in [0.05, 0.1) is 5.39 Å². The third-order valence-electron chi connectivity index (χ3n) is 5.39. The monoisotopic (exact) mass is 398 g/mol. The summed E-state index contributed by atoms with van der Waals surface area (Å²) in [6, 6.07) is 16.3. The van der Waals surface area contributed by atoms with Crippen LogP contribution in [0.1, 0.15) is 23.6 Å². The molecule has 1 unspecified atom stereocenters. The van der Waals surface area contributed by atoms with E-state index in [-0.39, 0.29) is 17.4 Å². The number of benzene rings is 2. The zero-order valence-electron chi connectivity index (χ0n) is 16.3. The van der Waals surface area contributed by atoms with Crippen molar-refractivity contribution in [2.75, 3.05) is 4.90 Å². The fourth-order valence-electron chi connectivity index (χ4n) is 3.98. The highest BCUT2D eigenvalue weighted by atomic mass is 19.1. The Labute approximate surface area is 172 Å². The van der Waals surface area contributed by atoms with Gasteiger partial charge in [-0.3, -0.25) is 9.78 Å². The second-order valence-electron chi connectivity index (χ2n) is 7.43. The lowest BCUT2D eigenvalue weighted by Gasteiger charge is -2.23. The smallest absolute Gasteiger partial charge is 0.262 e. The molecule has 5 nitrogen and oxygen atoms in total. The fourth-order valence-corrected chi connectivity index (χ4v) is 3.98. The number of hydrogen-bond donors (Lipinski definition) is 1. The van der Waals surface area contributed by atoms with Crippen LogP contribution in [0.3, 0.4) is 0 Å². The first-order chi connectivity index (χ1) is 14.6. The van der Waals surface area contributed by atoms with Gasteiger partial charge in [0.15, 0.2) is 5.65 Å². The van der Waals surface area contributed by atoms with Gasteiger partial charge in [-0.1, -0.05) is 42.5 Å². The molecule has 0 spiro atoms. The van der Waals surface area contributed by atoms with Crippen molar-refractivity contribution in [3.8, 4) is 0 Å². The van der Waals surface area contributed by atoms with E-state index in [0.29, 0.717) is 22.5 Å². The van der Waals surface area contributed by atoms with Crippen molar-refractivity contribution < 1.29 is 4.39 Å². The maximum Gasteiger partial charge on any atom is 0.262 e. The van der Waals surface area contributed by atoms with E-state index in [2.05, 4.69) is 32.8 Å². The van der Waals surface area contributed by atoms with Crippen LogP contribution in [-0.4, -0.2) is 21.0 Å². The van der Waals surface area contributed by atoms with Crippen LogP contribution >= 0.6 is 0 Å². The van der Waals surface area contributed by atoms with Gasteiger partial charge in [-0.15, -0.1) is 0 Å². The minimum absolute atomic E-state index is 0.185. The highest BCUT2D eigenvalue weighted by Crippen LogP contribution is 2.36. The quantitative estimate of drug-likeness (QED) is 0.543. The van der Waals surface area contributed by atoms with Gasteiger partial charge in [0.2, 0.25) is 5.95 Å². The number of nitrogens with zero attached hydrogens (tertiary/aromatic N) is 3. The van der Waals surface area contributed by atoms with Crippen LogP contribution in [0.4, 0.5) is 16.0 Å².